The Hall–Kier alpha value is -0.910. The zero-order valence-electron chi connectivity index (χ0n) is 12.0. The van der Waals surface area contributed by atoms with Crippen LogP contribution in [-0.2, 0) is 17.9 Å². The molecule has 1 unspecified atom stereocenters. The summed E-state index contributed by atoms with van der Waals surface area (Å²) in [5, 5.41) is 13.8. The van der Waals surface area contributed by atoms with Crippen LogP contribution in [0, 0.1) is 6.92 Å². The molecule has 0 aliphatic rings. The number of thiophene rings is 1. The van der Waals surface area contributed by atoms with Gasteiger partial charge in [0.25, 0.3) is 0 Å². The highest BCUT2D eigenvalue weighted by Crippen LogP contribution is 2.16. The lowest BCUT2D eigenvalue weighted by atomic mass is 10.2. The van der Waals surface area contributed by atoms with Crippen LogP contribution in [0.2, 0.25) is 5.02 Å². The number of aliphatic hydroxyl groups is 1. The highest BCUT2D eigenvalue weighted by Gasteiger charge is 2.06. The summed E-state index contributed by atoms with van der Waals surface area (Å²) in [6.45, 7) is 4.09. The second-order valence-electron chi connectivity index (χ2n) is 4.90. The molecule has 0 aliphatic carbocycles. The summed E-state index contributed by atoms with van der Waals surface area (Å²) >= 11 is 7.81. The number of hydrogen-bond acceptors (Lipinski definition) is 4. The molecule has 0 fully saturated rings. The van der Waals surface area contributed by atoms with E-state index >= 15 is 0 Å². The van der Waals surface area contributed by atoms with E-state index in [9.17, 15) is 5.11 Å². The zero-order chi connectivity index (χ0) is 15.1. The molecule has 0 spiro atoms. The SMILES string of the molecule is Cc1ccc(CNCC(O)COCc2ccccc2Cl)s1. The summed E-state index contributed by atoms with van der Waals surface area (Å²) in [7, 11) is 0. The first-order valence-corrected chi connectivity index (χ1v) is 8.10. The molecule has 2 rings (SSSR count). The van der Waals surface area contributed by atoms with E-state index < -0.39 is 6.10 Å². The van der Waals surface area contributed by atoms with E-state index in [2.05, 4.69) is 24.4 Å². The van der Waals surface area contributed by atoms with Gasteiger partial charge in [0.1, 0.15) is 0 Å². The maximum atomic E-state index is 9.86. The van der Waals surface area contributed by atoms with Gasteiger partial charge in [-0.05, 0) is 30.7 Å². The molecular weight excluding hydrogens is 306 g/mol. The molecule has 5 heteroatoms. The fraction of sp³-hybridized carbons (Fsp3) is 0.375. The average Bonchev–Trinajstić information content (AvgIpc) is 2.87. The summed E-state index contributed by atoms with van der Waals surface area (Å²) < 4.78 is 5.50. The number of rotatable bonds is 8. The average molecular weight is 326 g/mol. The number of benzene rings is 1. The Morgan fingerprint density at radius 1 is 1.29 bits per heavy atom. The molecule has 1 atom stereocenters. The van der Waals surface area contributed by atoms with E-state index in [-0.39, 0.29) is 0 Å². The van der Waals surface area contributed by atoms with Crippen LogP contribution in [0.5, 0.6) is 0 Å². The Morgan fingerprint density at radius 2 is 2.10 bits per heavy atom. The van der Waals surface area contributed by atoms with Crippen molar-refractivity contribution in [2.45, 2.75) is 26.2 Å². The second-order valence-corrected chi connectivity index (χ2v) is 6.68. The van der Waals surface area contributed by atoms with E-state index in [0.29, 0.717) is 24.8 Å². The van der Waals surface area contributed by atoms with Crippen molar-refractivity contribution in [3.05, 3.63) is 56.7 Å². The first-order chi connectivity index (χ1) is 10.1. The molecule has 0 bridgehead atoms. The molecule has 21 heavy (non-hydrogen) atoms. The van der Waals surface area contributed by atoms with Gasteiger partial charge >= 0.3 is 0 Å². The Kier molecular flexibility index (Phi) is 6.67. The highest BCUT2D eigenvalue weighted by atomic mass is 35.5. The molecule has 3 nitrogen and oxygen atoms in total. The minimum atomic E-state index is -0.520. The van der Waals surface area contributed by atoms with Crippen LogP contribution in [0.1, 0.15) is 15.3 Å². The number of halogens is 1. The highest BCUT2D eigenvalue weighted by molar-refractivity contribution is 7.11. The maximum Gasteiger partial charge on any atom is 0.0897 e. The lowest BCUT2D eigenvalue weighted by Crippen LogP contribution is -2.29. The zero-order valence-corrected chi connectivity index (χ0v) is 13.6. The quantitative estimate of drug-likeness (QED) is 0.782. The van der Waals surface area contributed by atoms with E-state index in [1.165, 1.54) is 9.75 Å². The number of nitrogens with one attached hydrogen (secondary N) is 1. The van der Waals surface area contributed by atoms with Crippen LogP contribution < -0.4 is 5.32 Å². The van der Waals surface area contributed by atoms with Gasteiger partial charge in [-0.2, -0.15) is 0 Å². The largest absolute Gasteiger partial charge is 0.389 e. The van der Waals surface area contributed by atoms with Gasteiger partial charge < -0.3 is 15.2 Å². The predicted octanol–water partition coefficient (Wildman–Crippen LogP) is 3.38. The van der Waals surface area contributed by atoms with Crippen LogP contribution in [-0.4, -0.2) is 24.4 Å². The van der Waals surface area contributed by atoms with Gasteiger partial charge in [-0.25, -0.2) is 0 Å². The van der Waals surface area contributed by atoms with Crippen LogP contribution in [0.3, 0.4) is 0 Å². The molecule has 1 aromatic carbocycles. The molecule has 0 amide bonds. The molecular formula is C16H20ClNO2S. The summed E-state index contributed by atoms with van der Waals surface area (Å²) in [6, 6.07) is 11.8. The van der Waals surface area contributed by atoms with Crippen LogP contribution >= 0.6 is 22.9 Å². The first-order valence-electron chi connectivity index (χ1n) is 6.90. The Labute approximate surface area is 134 Å². The lowest BCUT2D eigenvalue weighted by Gasteiger charge is -2.12. The van der Waals surface area contributed by atoms with Crippen LogP contribution in [0.15, 0.2) is 36.4 Å². The molecule has 2 aromatic rings. The topological polar surface area (TPSA) is 41.5 Å². The van der Waals surface area contributed by atoms with E-state index in [1.807, 2.05) is 24.3 Å². The van der Waals surface area contributed by atoms with Gasteiger partial charge in [-0.15, -0.1) is 11.3 Å². The number of aliphatic hydroxyl groups excluding tert-OH is 1. The van der Waals surface area contributed by atoms with Gasteiger partial charge in [-0.3, -0.25) is 0 Å². The molecule has 2 N–H and O–H groups in total. The summed E-state index contributed by atoms with van der Waals surface area (Å²) in [4.78, 5) is 2.58. The first kappa shape index (κ1) is 16.5. The molecule has 114 valence electrons. The van der Waals surface area contributed by atoms with E-state index in [4.69, 9.17) is 16.3 Å². The number of ether oxygens (including phenoxy) is 1. The standard InChI is InChI=1S/C16H20ClNO2S/c1-12-6-7-15(21-12)9-18-8-14(19)11-20-10-13-4-2-3-5-16(13)17/h2-7,14,18-19H,8-11H2,1H3. The maximum absolute atomic E-state index is 9.86. The third kappa shape index (κ3) is 5.77. The van der Waals surface area contributed by atoms with Gasteiger partial charge in [0, 0.05) is 27.9 Å². The number of hydrogen-bond donors (Lipinski definition) is 2. The monoisotopic (exact) mass is 325 g/mol. The van der Waals surface area contributed by atoms with Crippen molar-refractivity contribution >= 4 is 22.9 Å². The van der Waals surface area contributed by atoms with Gasteiger partial charge in [0.2, 0.25) is 0 Å². The minimum absolute atomic E-state index is 0.293. The van der Waals surface area contributed by atoms with Crippen molar-refractivity contribution in [2.24, 2.45) is 0 Å². The summed E-state index contributed by atoms with van der Waals surface area (Å²) in [5.74, 6) is 0. The third-order valence-corrected chi connectivity index (χ3v) is 4.37. The lowest BCUT2D eigenvalue weighted by molar-refractivity contribution is 0.0288. The normalized spacial score (nSPS) is 12.5. The Morgan fingerprint density at radius 3 is 2.81 bits per heavy atom. The van der Waals surface area contributed by atoms with Crippen molar-refractivity contribution in [1.29, 1.82) is 0 Å². The third-order valence-electron chi connectivity index (χ3n) is 3.00. The van der Waals surface area contributed by atoms with Crippen LogP contribution in [0.25, 0.3) is 0 Å². The van der Waals surface area contributed by atoms with Crippen molar-refractivity contribution in [3.8, 4) is 0 Å². The van der Waals surface area contributed by atoms with Crippen LogP contribution in [0.4, 0.5) is 0 Å². The van der Waals surface area contributed by atoms with Gasteiger partial charge in [0.05, 0.1) is 19.3 Å². The minimum Gasteiger partial charge on any atom is -0.389 e. The van der Waals surface area contributed by atoms with Gasteiger partial charge in [0.15, 0.2) is 0 Å². The fourth-order valence-corrected chi connectivity index (χ4v) is 2.97. The Balaban J connectivity index is 1.61. The molecule has 0 aliphatic heterocycles. The molecule has 1 heterocycles. The molecule has 0 radical (unpaired) electrons. The summed E-state index contributed by atoms with van der Waals surface area (Å²) in [5.41, 5.74) is 0.938. The second kappa shape index (κ2) is 8.51. The van der Waals surface area contributed by atoms with Crippen molar-refractivity contribution in [3.63, 3.8) is 0 Å². The van der Waals surface area contributed by atoms with Crippen molar-refractivity contribution in [2.75, 3.05) is 13.2 Å². The predicted molar refractivity (Wildman–Crippen MR) is 87.9 cm³/mol. The molecule has 1 aromatic heterocycles. The van der Waals surface area contributed by atoms with Gasteiger partial charge in [-0.1, -0.05) is 29.8 Å². The smallest absolute Gasteiger partial charge is 0.0897 e. The van der Waals surface area contributed by atoms with Crippen molar-refractivity contribution in [1.82, 2.24) is 5.32 Å². The Bertz CT molecular complexity index is 559. The number of aryl methyl sites for hydroxylation is 1. The molecule has 0 saturated carbocycles. The summed E-state index contributed by atoms with van der Waals surface area (Å²) in [6.07, 6.45) is -0.520. The fourth-order valence-electron chi connectivity index (χ4n) is 1.92. The van der Waals surface area contributed by atoms with E-state index in [1.54, 1.807) is 11.3 Å². The van der Waals surface area contributed by atoms with E-state index in [0.717, 1.165) is 12.1 Å². The van der Waals surface area contributed by atoms with Crippen molar-refractivity contribution < 1.29 is 9.84 Å². The molecule has 0 saturated heterocycles.